The average molecular weight is 246 g/mol. The molecule has 6 nitrogen and oxygen atoms in total. The molecule has 3 rings (SSSR count). The van der Waals surface area contributed by atoms with Crippen LogP contribution in [0.4, 0.5) is 0 Å². The minimum atomic E-state index is 0.102. The largest absolute Gasteiger partial charge is 0.454 e. The fourth-order valence-corrected chi connectivity index (χ4v) is 1.91. The van der Waals surface area contributed by atoms with E-state index in [0.29, 0.717) is 13.3 Å². The molecule has 0 radical (unpaired) electrons. The Hall–Kier alpha value is -2.08. The summed E-state index contributed by atoms with van der Waals surface area (Å²) in [5.74, 6) is 2.45. The Kier molecular flexibility index (Phi) is 2.85. The zero-order valence-corrected chi connectivity index (χ0v) is 10.0. The number of rotatable bonds is 4. The van der Waals surface area contributed by atoms with E-state index in [9.17, 15) is 0 Å². The van der Waals surface area contributed by atoms with Gasteiger partial charge in [-0.05, 0) is 13.0 Å². The minimum absolute atomic E-state index is 0.102. The maximum atomic E-state index is 5.45. The van der Waals surface area contributed by atoms with Gasteiger partial charge in [0, 0.05) is 12.1 Å². The summed E-state index contributed by atoms with van der Waals surface area (Å²) in [6, 6.07) is 5.99. The van der Waals surface area contributed by atoms with Crippen molar-refractivity contribution in [2.75, 3.05) is 6.79 Å². The Balaban J connectivity index is 1.69. The van der Waals surface area contributed by atoms with E-state index in [0.717, 1.165) is 22.9 Å². The molecule has 1 aromatic heterocycles. The second kappa shape index (κ2) is 4.66. The molecule has 0 amide bonds. The number of nitrogens with one attached hydrogen (secondary N) is 2. The number of hydrogen-bond donors (Lipinski definition) is 2. The van der Waals surface area contributed by atoms with Crippen molar-refractivity contribution >= 4 is 0 Å². The highest BCUT2D eigenvalue weighted by Crippen LogP contribution is 2.35. The summed E-state index contributed by atoms with van der Waals surface area (Å²) in [6.45, 7) is 3.01. The first-order valence-electron chi connectivity index (χ1n) is 5.81. The van der Waals surface area contributed by atoms with Gasteiger partial charge in [-0.1, -0.05) is 12.1 Å². The molecule has 6 heteroatoms. The number of fused-ring (bicyclic) bond motifs is 1. The molecule has 1 aromatic carbocycles. The van der Waals surface area contributed by atoms with Gasteiger partial charge in [0.25, 0.3) is 0 Å². The predicted octanol–water partition coefficient (Wildman–Crippen LogP) is 1.38. The summed E-state index contributed by atoms with van der Waals surface area (Å²) in [4.78, 5) is 4.12. The van der Waals surface area contributed by atoms with Crippen molar-refractivity contribution in [3.05, 3.63) is 35.9 Å². The monoisotopic (exact) mass is 246 g/mol. The maximum Gasteiger partial charge on any atom is 0.231 e. The van der Waals surface area contributed by atoms with Gasteiger partial charge >= 0.3 is 0 Å². The molecule has 1 aliphatic rings. The number of nitrogens with zero attached hydrogens (tertiary/aromatic N) is 2. The van der Waals surface area contributed by atoms with Crippen LogP contribution in [-0.4, -0.2) is 22.0 Å². The van der Waals surface area contributed by atoms with E-state index in [-0.39, 0.29) is 6.04 Å². The molecule has 2 aromatic rings. The average Bonchev–Trinajstić information content (AvgIpc) is 3.05. The van der Waals surface area contributed by atoms with E-state index in [4.69, 9.17) is 9.47 Å². The van der Waals surface area contributed by atoms with Crippen LogP contribution in [0.3, 0.4) is 0 Å². The van der Waals surface area contributed by atoms with Crippen molar-refractivity contribution in [2.45, 2.75) is 19.5 Å². The molecule has 0 aliphatic carbocycles. The van der Waals surface area contributed by atoms with E-state index in [2.05, 4.69) is 20.5 Å². The normalized spacial score (nSPS) is 14.7. The van der Waals surface area contributed by atoms with E-state index in [1.165, 1.54) is 6.33 Å². The molecule has 94 valence electrons. The first kappa shape index (κ1) is 11.0. The van der Waals surface area contributed by atoms with Gasteiger partial charge in [-0.3, -0.25) is 5.10 Å². The molecular weight excluding hydrogens is 232 g/mol. The topological polar surface area (TPSA) is 72.1 Å². The van der Waals surface area contributed by atoms with Gasteiger partial charge in [0.15, 0.2) is 11.5 Å². The Morgan fingerprint density at radius 2 is 2.39 bits per heavy atom. The molecule has 0 saturated heterocycles. The maximum absolute atomic E-state index is 5.45. The van der Waals surface area contributed by atoms with Crippen molar-refractivity contribution < 1.29 is 9.47 Å². The quantitative estimate of drug-likeness (QED) is 0.852. The van der Waals surface area contributed by atoms with Crippen LogP contribution in [0.15, 0.2) is 24.5 Å². The molecule has 0 fully saturated rings. The lowest BCUT2D eigenvalue weighted by Gasteiger charge is -2.12. The third kappa shape index (κ3) is 2.02. The standard InChI is InChI=1S/C12H14N4O2/c1-8(12-14-6-15-16-12)13-5-9-3-2-4-10-11(9)18-7-17-10/h2-4,6,8,13H,5,7H2,1H3,(H,14,15,16). The van der Waals surface area contributed by atoms with Crippen molar-refractivity contribution in [1.82, 2.24) is 20.5 Å². The first-order chi connectivity index (χ1) is 8.84. The van der Waals surface area contributed by atoms with Crippen LogP contribution in [0.1, 0.15) is 24.4 Å². The summed E-state index contributed by atoms with van der Waals surface area (Å²) in [5.41, 5.74) is 1.08. The van der Waals surface area contributed by atoms with Crippen LogP contribution in [0, 0.1) is 0 Å². The van der Waals surface area contributed by atoms with Gasteiger partial charge in [-0.15, -0.1) is 0 Å². The summed E-state index contributed by atoms with van der Waals surface area (Å²) >= 11 is 0. The molecular formula is C12H14N4O2. The molecule has 2 N–H and O–H groups in total. The highest BCUT2D eigenvalue weighted by Gasteiger charge is 2.17. The third-order valence-electron chi connectivity index (χ3n) is 2.92. The van der Waals surface area contributed by atoms with E-state index < -0.39 is 0 Å². The van der Waals surface area contributed by atoms with Gasteiger partial charge in [-0.25, -0.2) is 4.98 Å². The highest BCUT2D eigenvalue weighted by molar-refractivity contribution is 5.48. The number of para-hydroxylation sites is 1. The Morgan fingerprint density at radius 1 is 1.44 bits per heavy atom. The number of benzene rings is 1. The van der Waals surface area contributed by atoms with Crippen molar-refractivity contribution in [3.8, 4) is 11.5 Å². The Morgan fingerprint density at radius 3 is 3.22 bits per heavy atom. The van der Waals surface area contributed by atoms with Crippen LogP contribution >= 0.6 is 0 Å². The van der Waals surface area contributed by atoms with Gasteiger partial charge in [0.2, 0.25) is 6.79 Å². The van der Waals surface area contributed by atoms with Crippen LogP contribution in [0.5, 0.6) is 11.5 Å². The van der Waals surface area contributed by atoms with Gasteiger partial charge < -0.3 is 14.8 Å². The smallest absolute Gasteiger partial charge is 0.231 e. The van der Waals surface area contributed by atoms with Crippen molar-refractivity contribution in [1.29, 1.82) is 0 Å². The number of aromatic nitrogens is 3. The summed E-state index contributed by atoms with van der Waals surface area (Å²) < 4.78 is 10.8. The van der Waals surface area contributed by atoms with Crippen LogP contribution in [0.2, 0.25) is 0 Å². The lowest BCUT2D eigenvalue weighted by molar-refractivity contribution is 0.173. The molecule has 2 heterocycles. The second-order valence-electron chi connectivity index (χ2n) is 4.12. The van der Waals surface area contributed by atoms with Crippen LogP contribution < -0.4 is 14.8 Å². The summed E-state index contributed by atoms with van der Waals surface area (Å²) in [7, 11) is 0. The lowest BCUT2D eigenvalue weighted by atomic mass is 10.1. The fraction of sp³-hybridized carbons (Fsp3) is 0.333. The van der Waals surface area contributed by atoms with Crippen LogP contribution in [-0.2, 0) is 6.54 Å². The van der Waals surface area contributed by atoms with Gasteiger partial charge in [-0.2, -0.15) is 5.10 Å². The predicted molar refractivity (Wildman–Crippen MR) is 64.2 cm³/mol. The van der Waals surface area contributed by atoms with E-state index in [1.807, 2.05) is 25.1 Å². The van der Waals surface area contributed by atoms with Crippen molar-refractivity contribution in [3.63, 3.8) is 0 Å². The van der Waals surface area contributed by atoms with E-state index >= 15 is 0 Å². The molecule has 1 aliphatic heterocycles. The zero-order chi connectivity index (χ0) is 12.4. The first-order valence-corrected chi connectivity index (χ1v) is 5.81. The SMILES string of the molecule is CC(NCc1cccc2c1OCO2)c1ncn[nH]1. The number of H-pyrrole nitrogens is 1. The van der Waals surface area contributed by atoms with Gasteiger partial charge in [0.1, 0.15) is 12.2 Å². The molecule has 0 bridgehead atoms. The minimum Gasteiger partial charge on any atom is -0.454 e. The number of hydrogen-bond acceptors (Lipinski definition) is 5. The Bertz CT molecular complexity index is 527. The number of ether oxygens (including phenoxy) is 2. The molecule has 1 unspecified atom stereocenters. The molecule has 0 spiro atoms. The summed E-state index contributed by atoms with van der Waals surface area (Å²) in [5, 5.41) is 10.0. The molecule has 18 heavy (non-hydrogen) atoms. The molecule has 1 atom stereocenters. The van der Waals surface area contributed by atoms with Gasteiger partial charge in [0.05, 0.1) is 6.04 Å². The zero-order valence-electron chi connectivity index (χ0n) is 10.0. The third-order valence-corrected chi connectivity index (χ3v) is 2.92. The molecule has 0 saturated carbocycles. The number of aromatic amines is 1. The lowest BCUT2D eigenvalue weighted by Crippen LogP contribution is -2.19. The highest BCUT2D eigenvalue weighted by atomic mass is 16.7. The fourth-order valence-electron chi connectivity index (χ4n) is 1.91. The van der Waals surface area contributed by atoms with Crippen LogP contribution in [0.25, 0.3) is 0 Å². The second-order valence-corrected chi connectivity index (χ2v) is 4.12. The Labute approximate surface area is 104 Å². The summed E-state index contributed by atoms with van der Waals surface area (Å²) in [6.07, 6.45) is 1.50. The van der Waals surface area contributed by atoms with E-state index in [1.54, 1.807) is 0 Å². The van der Waals surface area contributed by atoms with Crippen molar-refractivity contribution in [2.24, 2.45) is 0 Å².